The molecule has 0 amide bonds. The summed E-state index contributed by atoms with van der Waals surface area (Å²) in [7, 11) is 0. The van der Waals surface area contributed by atoms with Gasteiger partial charge in [0.2, 0.25) is 0 Å². The maximum Gasteiger partial charge on any atom is 0.0603 e. The Balaban J connectivity index is 1.51. The summed E-state index contributed by atoms with van der Waals surface area (Å²) >= 11 is 0. The molecule has 29 heavy (non-hydrogen) atoms. The molecule has 3 fully saturated rings. The van der Waals surface area contributed by atoms with Gasteiger partial charge in [0.25, 0.3) is 0 Å². The molecular formula is C28H48O. The monoisotopic (exact) mass is 400 g/mol. The Kier molecular flexibility index (Phi) is 6.04. The highest BCUT2D eigenvalue weighted by Gasteiger charge is 2.59. The Labute approximate surface area is 181 Å². The fourth-order valence-electron chi connectivity index (χ4n) is 9.08. The molecule has 1 nitrogen and oxygen atoms in total. The Hall–Kier alpha value is -0.300. The van der Waals surface area contributed by atoms with Crippen molar-refractivity contribution in [3.63, 3.8) is 0 Å². The minimum Gasteiger partial charge on any atom is -0.393 e. The van der Waals surface area contributed by atoms with Crippen LogP contribution in [0.3, 0.4) is 0 Å². The van der Waals surface area contributed by atoms with Crippen LogP contribution in [0.15, 0.2) is 11.6 Å². The predicted octanol–water partition coefficient (Wildman–Crippen LogP) is 7.63. The number of hydrogen-bond donors (Lipinski definition) is 1. The highest BCUT2D eigenvalue weighted by molar-refractivity contribution is 5.27. The molecule has 1 heteroatoms. The molecule has 0 bridgehead atoms. The summed E-state index contributed by atoms with van der Waals surface area (Å²) in [6, 6.07) is 0. The fourth-order valence-corrected chi connectivity index (χ4v) is 9.08. The molecule has 0 aromatic carbocycles. The van der Waals surface area contributed by atoms with Crippen LogP contribution < -0.4 is 0 Å². The second kappa shape index (κ2) is 7.99. The van der Waals surface area contributed by atoms with Crippen LogP contribution in [0.2, 0.25) is 0 Å². The van der Waals surface area contributed by atoms with Crippen molar-refractivity contribution in [3.05, 3.63) is 11.6 Å². The first-order chi connectivity index (χ1) is 13.7. The summed E-state index contributed by atoms with van der Waals surface area (Å²) in [5.41, 5.74) is 2.57. The van der Waals surface area contributed by atoms with Crippen molar-refractivity contribution in [1.82, 2.24) is 0 Å². The molecule has 0 saturated heterocycles. The number of aliphatic hydroxyl groups is 1. The minimum absolute atomic E-state index is 0.109. The zero-order valence-electron chi connectivity index (χ0n) is 20.2. The number of rotatable bonds is 5. The van der Waals surface area contributed by atoms with Crippen LogP contribution in [-0.4, -0.2) is 11.2 Å². The molecule has 166 valence electrons. The third-order valence-electron chi connectivity index (χ3n) is 10.8. The molecule has 0 radical (unpaired) electrons. The molecule has 3 saturated carbocycles. The molecular weight excluding hydrogens is 352 g/mol. The van der Waals surface area contributed by atoms with Gasteiger partial charge in [-0.2, -0.15) is 0 Å². The quantitative estimate of drug-likeness (QED) is 0.470. The Morgan fingerprint density at radius 3 is 2.48 bits per heavy atom. The zero-order chi connectivity index (χ0) is 21.0. The normalized spacial score (nSPS) is 47.9. The molecule has 0 aliphatic heterocycles. The summed E-state index contributed by atoms with van der Waals surface area (Å²) in [5, 5.41) is 10.5. The first-order valence-corrected chi connectivity index (χ1v) is 13.1. The average Bonchev–Trinajstić information content (AvgIpc) is 3.02. The molecule has 0 heterocycles. The van der Waals surface area contributed by atoms with Gasteiger partial charge in [0.05, 0.1) is 6.10 Å². The third kappa shape index (κ3) is 3.56. The van der Waals surface area contributed by atoms with E-state index in [1.807, 2.05) is 0 Å². The van der Waals surface area contributed by atoms with Crippen LogP contribution in [-0.2, 0) is 0 Å². The van der Waals surface area contributed by atoms with E-state index in [4.69, 9.17) is 0 Å². The lowest BCUT2D eigenvalue weighted by atomic mass is 9.46. The Bertz CT molecular complexity index is 620. The Morgan fingerprint density at radius 1 is 1.00 bits per heavy atom. The van der Waals surface area contributed by atoms with E-state index in [0.29, 0.717) is 16.7 Å². The summed E-state index contributed by atoms with van der Waals surface area (Å²) in [4.78, 5) is 0. The number of aliphatic hydroxyl groups excluding tert-OH is 1. The average molecular weight is 401 g/mol. The van der Waals surface area contributed by atoms with Gasteiger partial charge in [0.1, 0.15) is 0 Å². The van der Waals surface area contributed by atoms with Crippen LogP contribution in [0, 0.1) is 52.3 Å². The van der Waals surface area contributed by atoms with Crippen molar-refractivity contribution in [2.75, 3.05) is 0 Å². The summed E-state index contributed by atoms with van der Waals surface area (Å²) in [6.45, 7) is 14.9. The first-order valence-electron chi connectivity index (χ1n) is 13.1. The molecule has 4 aliphatic rings. The lowest BCUT2D eigenvalue weighted by molar-refractivity contribution is -0.0644. The fraction of sp³-hybridized carbons (Fsp3) is 0.929. The largest absolute Gasteiger partial charge is 0.393 e. The molecule has 0 unspecified atom stereocenters. The minimum atomic E-state index is -0.109. The summed E-state index contributed by atoms with van der Waals surface area (Å²) < 4.78 is 0. The molecule has 1 N–H and O–H groups in total. The van der Waals surface area contributed by atoms with Gasteiger partial charge in [0.15, 0.2) is 0 Å². The van der Waals surface area contributed by atoms with Crippen LogP contribution >= 0.6 is 0 Å². The van der Waals surface area contributed by atoms with E-state index in [-0.39, 0.29) is 6.10 Å². The molecule has 9 atom stereocenters. The van der Waals surface area contributed by atoms with Gasteiger partial charge in [-0.15, -0.1) is 0 Å². The van der Waals surface area contributed by atoms with Crippen LogP contribution in [0.4, 0.5) is 0 Å². The number of allylic oxidation sites excluding steroid dienone is 1. The summed E-state index contributed by atoms with van der Waals surface area (Å²) in [5.74, 6) is 5.78. The zero-order valence-corrected chi connectivity index (χ0v) is 20.2. The van der Waals surface area contributed by atoms with E-state index in [2.05, 4.69) is 47.6 Å². The molecule has 4 rings (SSSR count). The van der Waals surface area contributed by atoms with E-state index in [1.54, 1.807) is 5.57 Å². The first kappa shape index (κ1) is 21.9. The van der Waals surface area contributed by atoms with Crippen LogP contribution in [0.25, 0.3) is 0 Å². The van der Waals surface area contributed by atoms with E-state index in [0.717, 1.165) is 41.9 Å². The number of hydrogen-bond acceptors (Lipinski definition) is 1. The second-order valence-electron chi connectivity index (χ2n) is 12.6. The lowest BCUT2D eigenvalue weighted by Gasteiger charge is -2.59. The number of fused-ring (bicyclic) bond motifs is 5. The van der Waals surface area contributed by atoms with Gasteiger partial charge >= 0.3 is 0 Å². The van der Waals surface area contributed by atoms with Crippen molar-refractivity contribution >= 4 is 0 Å². The third-order valence-corrected chi connectivity index (χ3v) is 10.8. The standard InChI is InChI=1S/C28H48O/c1-18(2)8-7-9-19(3)22-12-13-24-21-10-11-23-20(4)26(29)15-17-28(23,6)25(21)14-16-27(22,24)5/h11,18-22,24-26,29H,7-10,12-17H2,1-6H3/t19-,20-,21+,22-,24+,25+,26+,27-,28+/m1/s1. The maximum atomic E-state index is 10.5. The molecule has 0 spiro atoms. The topological polar surface area (TPSA) is 20.2 Å². The van der Waals surface area contributed by atoms with Crippen molar-refractivity contribution in [1.29, 1.82) is 0 Å². The van der Waals surface area contributed by atoms with Crippen molar-refractivity contribution in [3.8, 4) is 0 Å². The highest BCUT2D eigenvalue weighted by atomic mass is 16.3. The predicted molar refractivity (Wildman–Crippen MR) is 124 cm³/mol. The second-order valence-corrected chi connectivity index (χ2v) is 12.6. The lowest BCUT2D eigenvalue weighted by Crippen LogP contribution is -2.52. The van der Waals surface area contributed by atoms with Gasteiger partial charge in [-0.1, -0.05) is 72.5 Å². The maximum absolute atomic E-state index is 10.5. The Morgan fingerprint density at radius 2 is 1.76 bits per heavy atom. The van der Waals surface area contributed by atoms with Gasteiger partial charge in [0, 0.05) is 5.92 Å². The van der Waals surface area contributed by atoms with Gasteiger partial charge < -0.3 is 5.11 Å². The highest BCUT2D eigenvalue weighted by Crippen LogP contribution is 2.67. The van der Waals surface area contributed by atoms with Crippen LogP contribution in [0.5, 0.6) is 0 Å². The van der Waals surface area contributed by atoms with Gasteiger partial charge in [-0.05, 0) is 91.3 Å². The van der Waals surface area contributed by atoms with Gasteiger partial charge in [-0.3, -0.25) is 0 Å². The van der Waals surface area contributed by atoms with Gasteiger partial charge in [-0.25, -0.2) is 0 Å². The molecule has 0 aromatic rings. The van der Waals surface area contributed by atoms with Crippen molar-refractivity contribution < 1.29 is 5.11 Å². The van der Waals surface area contributed by atoms with Crippen molar-refractivity contribution in [2.24, 2.45) is 52.3 Å². The molecule has 0 aromatic heterocycles. The molecule has 4 aliphatic carbocycles. The van der Waals surface area contributed by atoms with Crippen LogP contribution in [0.1, 0.15) is 106 Å². The van der Waals surface area contributed by atoms with Crippen molar-refractivity contribution in [2.45, 2.75) is 112 Å². The SMILES string of the molecule is CC(C)CCC[C@@H](C)[C@H]1CC[C@H]2[C@@H]3CC=C4[C@@H](C)[C@@H](O)CC[C@]4(C)[C@H]3CC[C@]12C. The summed E-state index contributed by atoms with van der Waals surface area (Å²) in [6.07, 6.45) is 16.1. The van der Waals surface area contributed by atoms with E-state index in [1.165, 1.54) is 57.8 Å². The smallest absolute Gasteiger partial charge is 0.0603 e. The van der Waals surface area contributed by atoms with E-state index >= 15 is 0 Å². The van der Waals surface area contributed by atoms with E-state index in [9.17, 15) is 5.11 Å². The van der Waals surface area contributed by atoms with E-state index < -0.39 is 0 Å².